The third-order valence-electron chi connectivity index (χ3n) is 4.62. The molecule has 0 bridgehead atoms. The van der Waals surface area contributed by atoms with Gasteiger partial charge in [0.2, 0.25) is 0 Å². The second-order valence-electron chi connectivity index (χ2n) is 6.33. The molecule has 21 heavy (non-hydrogen) atoms. The summed E-state index contributed by atoms with van der Waals surface area (Å²) in [4.78, 5) is 8.29. The maximum Gasteiger partial charge on any atom is 0.130 e. The number of aromatic amines is 1. The second-order valence-corrected chi connectivity index (χ2v) is 6.75. The van der Waals surface area contributed by atoms with E-state index in [-0.39, 0.29) is 5.41 Å². The molecule has 1 N–H and O–H groups in total. The number of H-pyrrole nitrogens is 1. The number of nitrogens with one attached hydrogen (secondary N) is 1. The predicted octanol–water partition coefficient (Wildman–Crippen LogP) is 5.12. The molecule has 0 amide bonds. The predicted molar refractivity (Wildman–Crippen MR) is 89.2 cm³/mol. The van der Waals surface area contributed by atoms with Crippen molar-refractivity contribution in [2.45, 2.75) is 50.9 Å². The van der Waals surface area contributed by atoms with E-state index in [1.54, 1.807) is 0 Å². The molecule has 110 valence electrons. The molecule has 1 aliphatic rings. The van der Waals surface area contributed by atoms with Crippen LogP contribution in [0.25, 0.3) is 0 Å². The van der Waals surface area contributed by atoms with Crippen molar-refractivity contribution in [3.8, 4) is 0 Å². The fraction of sp³-hybridized carbons (Fsp3) is 0.444. The van der Waals surface area contributed by atoms with E-state index >= 15 is 0 Å². The van der Waals surface area contributed by atoms with Crippen LogP contribution in [0.2, 0.25) is 0 Å². The molecule has 1 aliphatic carbocycles. The lowest BCUT2D eigenvalue weighted by molar-refractivity contribution is 0.494. The van der Waals surface area contributed by atoms with Gasteiger partial charge in [0, 0.05) is 5.69 Å². The van der Waals surface area contributed by atoms with E-state index in [4.69, 9.17) is 17.2 Å². The number of hydrogen-bond acceptors (Lipinski definition) is 2. The van der Waals surface area contributed by atoms with E-state index in [0.717, 1.165) is 18.7 Å². The molecule has 1 aromatic heterocycles. The van der Waals surface area contributed by atoms with Crippen molar-refractivity contribution in [1.82, 2.24) is 9.97 Å². The van der Waals surface area contributed by atoms with Crippen LogP contribution in [0.1, 0.15) is 62.5 Å². The zero-order valence-corrected chi connectivity index (χ0v) is 13.5. The third-order valence-corrected chi connectivity index (χ3v) is 4.83. The fourth-order valence-electron chi connectivity index (χ4n) is 3.41. The molecular weight excluding hydrogens is 276 g/mol. The van der Waals surface area contributed by atoms with Crippen molar-refractivity contribution in [2.75, 3.05) is 0 Å². The molecule has 3 heteroatoms. The Morgan fingerprint density at radius 2 is 1.81 bits per heavy atom. The molecule has 0 radical (unpaired) electrons. The minimum Gasteiger partial charge on any atom is -0.346 e. The Labute approximate surface area is 131 Å². The smallest absolute Gasteiger partial charge is 0.130 e. The monoisotopic (exact) mass is 298 g/mol. The lowest BCUT2D eigenvalue weighted by Gasteiger charge is -2.29. The Kier molecular flexibility index (Phi) is 3.94. The third kappa shape index (κ3) is 2.67. The van der Waals surface area contributed by atoms with Crippen LogP contribution in [0.15, 0.2) is 36.4 Å². The minimum absolute atomic E-state index is 0.0136. The van der Waals surface area contributed by atoms with Gasteiger partial charge >= 0.3 is 0 Å². The second kappa shape index (κ2) is 5.72. The Bertz CT molecular complexity index is 667. The lowest BCUT2D eigenvalue weighted by atomic mass is 9.78. The molecule has 0 unspecified atom stereocenters. The normalized spacial score (nSPS) is 17.3. The highest BCUT2D eigenvalue weighted by Gasteiger charge is 2.39. The first-order valence-corrected chi connectivity index (χ1v) is 8.20. The van der Waals surface area contributed by atoms with Gasteiger partial charge < -0.3 is 4.98 Å². The molecule has 1 saturated carbocycles. The number of hydrogen-bond donors (Lipinski definition) is 1. The van der Waals surface area contributed by atoms with Crippen molar-refractivity contribution in [3.05, 3.63) is 58.1 Å². The maximum absolute atomic E-state index is 5.41. The molecule has 2 nitrogen and oxygen atoms in total. The quantitative estimate of drug-likeness (QED) is 0.796. The number of rotatable bonds is 3. The Balaban J connectivity index is 2.17. The van der Waals surface area contributed by atoms with Gasteiger partial charge in [0.15, 0.2) is 0 Å². The molecule has 0 aliphatic heterocycles. The lowest BCUT2D eigenvalue weighted by Crippen LogP contribution is -2.27. The Hall–Kier alpha value is -1.48. The summed E-state index contributed by atoms with van der Waals surface area (Å²) in [5, 5.41) is 0. The number of aromatic nitrogens is 2. The van der Waals surface area contributed by atoms with Gasteiger partial charge in [0.05, 0.1) is 5.41 Å². The summed E-state index contributed by atoms with van der Waals surface area (Å²) >= 11 is 5.41. The molecule has 1 aromatic carbocycles. The van der Waals surface area contributed by atoms with Crippen molar-refractivity contribution in [3.63, 3.8) is 0 Å². The van der Waals surface area contributed by atoms with Gasteiger partial charge in [-0.25, -0.2) is 4.98 Å². The van der Waals surface area contributed by atoms with Crippen molar-refractivity contribution < 1.29 is 0 Å². The van der Waals surface area contributed by atoms with Crippen molar-refractivity contribution in [1.29, 1.82) is 0 Å². The van der Waals surface area contributed by atoms with Gasteiger partial charge in [-0.1, -0.05) is 69.2 Å². The summed E-state index contributed by atoms with van der Waals surface area (Å²) in [5.41, 5.74) is 2.56. The minimum atomic E-state index is 0.0136. The standard InChI is InChI=1S/C18H22N2S/c1-13(2)15-12-16(21)20-17(19-15)18(10-6-7-11-18)14-8-4-3-5-9-14/h3-5,8-9,12-13H,6-7,10-11H2,1-2H3,(H,19,20,21). The molecule has 1 heterocycles. The molecule has 3 rings (SSSR count). The molecule has 0 atom stereocenters. The Morgan fingerprint density at radius 3 is 2.43 bits per heavy atom. The maximum atomic E-state index is 5.41. The summed E-state index contributed by atoms with van der Waals surface area (Å²) in [6.07, 6.45) is 4.81. The van der Waals surface area contributed by atoms with E-state index in [1.165, 1.54) is 24.1 Å². The van der Waals surface area contributed by atoms with Crippen LogP contribution >= 0.6 is 12.2 Å². The largest absolute Gasteiger partial charge is 0.346 e. The van der Waals surface area contributed by atoms with E-state index in [2.05, 4.69) is 49.2 Å². The van der Waals surface area contributed by atoms with Crippen molar-refractivity contribution in [2.24, 2.45) is 0 Å². The van der Waals surface area contributed by atoms with E-state index in [9.17, 15) is 0 Å². The van der Waals surface area contributed by atoms with E-state index in [0.29, 0.717) is 10.6 Å². The average Bonchev–Trinajstić information content (AvgIpc) is 2.98. The molecule has 0 spiro atoms. The van der Waals surface area contributed by atoms with Gasteiger partial charge in [-0.2, -0.15) is 0 Å². The zero-order chi connectivity index (χ0) is 14.9. The van der Waals surface area contributed by atoms with Crippen LogP contribution in [0.4, 0.5) is 0 Å². The number of benzene rings is 1. The van der Waals surface area contributed by atoms with Crippen molar-refractivity contribution >= 4 is 12.2 Å². The van der Waals surface area contributed by atoms with Gasteiger partial charge in [-0.15, -0.1) is 0 Å². The van der Waals surface area contributed by atoms with Crippen LogP contribution in [-0.2, 0) is 5.41 Å². The van der Waals surface area contributed by atoms with E-state index < -0.39 is 0 Å². The first kappa shape index (κ1) is 14.5. The summed E-state index contributed by atoms with van der Waals surface area (Å²) in [6.45, 7) is 4.38. The topological polar surface area (TPSA) is 28.7 Å². The zero-order valence-electron chi connectivity index (χ0n) is 12.7. The Morgan fingerprint density at radius 1 is 1.14 bits per heavy atom. The highest BCUT2D eigenvalue weighted by atomic mass is 32.1. The van der Waals surface area contributed by atoms with Gasteiger partial charge in [0.1, 0.15) is 10.5 Å². The first-order valence-electron chi connectivity index (χ1n) is 7.79. The summed E-state index contributed by atoms with van der Waals surface area (Å²) in [7, 11) is 0. The summed E-state index contributed by atoms with van der Waals surface area (Å²) in [6, 6.07) is 12.8. The van der Waals surface area contributed by atoms with Crippen LogP contribution in [0.3, 0.4) is 0 Å². The van der Waals surface area contributed by atoms with Crippen LogP contribution in [0, 0.1) is 4.64 Å². The van der Waals surface area contributed by atoms with Crippen LogP contribution in [-0.4, -0.2) is 9.97 Å². The summed E-state index contributed by atoms with van der Waals surface area (Å²) < 4.78 is 0.703. The first-order chi connectivity index (χ1) is 10.1. The number of nitrogens with zero attached hydrogens (tertiary/aromatic N) is 1. The van der Waals surface area contributed by atoms with Crippen LogP contribution in [0.5, 0.6) is 0 Å². The summed E-state index contributed by atoms with van der Waals surface area (Å²) in [5.74, 6) is 1.49. The fourth-order valence-corrected chi connectivity index (χ4v) is 3.63. The SMILES string of the molecule is CC(C)c1cc(=S)nc(C2(c3ccccc3)CCCC2)[nH]1. The van der Waals surface area contributed by atoms with Gasteiger partial charge in [-0.05, 0) is 30.4 Å². The molecular formula is C18H22N2S. The molecule has 0 saturated heterocycles. The average molecular weight is 298 g/mol. The van der Waals surface area contributed by atoms with E-state index in [1.807, 2.05) is 6.07 Å². The highest BCUT2D eigenvalue weighted by Crippen LogP contribution is 2.45. The molecule has 1 fully saturated rings. The molecule has 2 aromatic rings. The highest BCUT2D eigenvalue weighted by molar-refractivity contribution is 7.71. The van der Waals surface area contributed by atoms with Gasteiger partial charge in [-0.3, -0.25) is 0 Å². The van der Waals surface area contributed by atoms with Crippen LogP contribution < -0.4 is 0 Å². The van der Waals surface area contributed by atoms with Gasteiger partial charge in [0.25, 0.3) is 0 Å².